The van der Waals surface area contributed by atoms with Gasteiger partial charge in [-0.15, -0.1) is 11.3 Å². The SMILES string of the molecule is COc1ccc(/C=C2/SC(=S)N(CCCCCC(=O)Nc3ncc(Cc4cccc(C)c4)s3)C2=O)cc1OC. The molecule has 1 aliphatic rings. The predicted octanol–water partition coefficient (Wildman–Crippen LogP) is 6.46. The van der Waals surface area contributed by atoms with Crippen molar-refractivity contribution in [3.05, 3.63) is 75.1 Å². The van der Waals surface area contributed by atoms with Gasteiger partial charge in [0, 0.05) is 30.5 Å². The predicted molar refractivity (Wildman–Crippen MR) is 163 cm³/mol. The van der Waals surface area contributed by atoms with Gasteiger partial charge in [0.1, 0.15) is 4.32 Å². The summed E-state index contributed by atoms with van der Waals surface area (Å²) in [7, 11) is 3.16. The molecule has 1 saturated heterocycles. The Morgan fingerprint density at radius 1 is 1.10 bits per heavy atom. The van der Waals surface area contributed by atoms with Crippen molar-refractivity contribution >= 4 is 62.7 Å². The number of methoxy groups -OCH3 is 2. The minimum atomic E-state index is -0.0947. The minimum absolute atomic E-state index is 0.0464. The number of thioether (sulfide) groups is 1. The van der Waals surface area contributed by atoms with Crippen LogP contribution in [0.5, 0.6) is 11.5 Å². The number of benzene rings is 2. The highest BCUT2D eigenvalue weighted by Crippen LogP contribution is 2.35. The highest BCUT2D eigenvalue weighted by molar-refractivity contribution is 8.26. The highest BCUT2D eigenvalue weighted by atomic mass is 32.2. The van der Waals surface area contributed by atoms with Crippen molar-refractivity contribution in [1.29, 1.82) is 0 Å². The first-order valence-corrected chi connectivity index (χ1v) is 14.7. The zero-order valence-corrected chi connectivity index (χ0v) is 24.6. The van der Waals surface area contributed by atoms with Crippen molar-refractivity contribution in [3.63, 3.8) is 0 Å². The number of aryl methyl sites for hydroxylation is 1. The van der Waals surface area contributed by atoms with E-state index >= 15 is 0 Å². The summed E-state index contributed by atoms with van der Waals surface area (Å²) in [5.74, 6) is 1.09. The van der Waals surface area contributed by atoms with Crippen LogP contribution in [0.25, 0.3) is 6.08 Å². The smallest absolute Gasteiger partial charge is 0.266 e. The molecule has 1 fully saturated rings. The molecule has 0 aliphatic carbocycles. The van der Waals surface area contributed by atoms with E-state index in [4.69, 9.17) is 21.7 Å². The number of nitrogens with zero attached hydrogens (tertiary/aromatic N) is 2. The fourth-order valence-corrected chi connectivity index (χ4v) is 6.34. The third kappa shape index (κ3) is 7.90. The van der Waals surface area contributed by atoms with Crippen LogP contribution in [0.1, 0.15) is 47.3 Å². The van der Waals surface area contributed by atoms with Crippen LogP contribution in [0.4, 0.5) is 5.13 Å². The molecule has 0 bridgehead atoms. The molecular formula is C29H31N3O4S3. The number of nitrogens with one attached hydrogen (secondary N) is 1. The van der Waals surface area contributed by atoms with E-state index in [0.717, 1.165) is 36.1 Å². The van der Waals surface area contributed by atoms with Crippen molar-refractivity contribution in [2.75, 3.05) is 26.1 Å². The van der Waals surface area contributed by atoms with Crippen LogP contribution in [0.2, 0.25) is 0 Å². The number of aromatic nitrogens is 1. The lowest BCUT2D eigenvalue weighted by atomic mass is 10.1. The van der Waals surface area contributed by atoms with Gasteiger partial charge >= 0.3 is 0 Å². The fraction of sp³-hybridized carbons (Fsp3) is 0.310. The zero-order valence-electron chi connectivity index (χ0n) is 22.2. The topological polar surface area (TPSA) is 80.8 Å². The van der Waals surface area contributed by atoms with Crippen molar-refractivity contribution in [1.82, 2.24) is 9.88 Å². The Labute approximate surface area is 242 Å². The summed E-state index contributed by atoms with van der Waals surface area (Å²) in [5, 5.41) is 3.53. The number of unbranched alkanes of at least 4 members (excludes halogenated alkanes) is 2. The average Bonchev–Trinajstić information content (AvgIpc) is 3.46. The van der Waals surface area contributed by atoms with E-state index in [1.807, 2.05) is 24.4 Å². The maximum absolute atomic E-state index is 12.9. The minimum Gasteiger partial charge on any atom is -0.493 e. The van der Waals surface area contributed by atoms with Gasteiger partial charge in [-0.2, -0.15) is 0 Å². The Kier molecular flexibility index (Phi) is 10.1. The van der Waals surface area contributed by atoms with Crippen molar-refractivity contribution < 1.29 is 19.1 Å². The van der Waals surface area contributed by atoms with E-state index in [2.05, 4.69) is 41.5 Å². The lowest BCUT2D eigenvalue weighted by Crippen LogP contribution is -2.29. The largest absolute Gasteiger partial charge is 0.493 e. The van der Waals surface area contributed by atoms with Gasteiger partial charge in [-0.3, -0.25) is 14.5 Å². The number of hydrogen-bond acceptors (Lipinski definition) is 8. The summed E-state index contributed by atoms with van der Waals surface area (Å²) < 4.78 is 11.2. The van der Waals surface area contributed by atoms with Crippen LogP contribution in [0.15, 0.2) is 53.6 Å². The molecule has 7 nitrogen and oxygen atoms in total. The van der Waals surface area contributed by atoms with E-state index in [1.54, 1.807) is 25.2 Å². The Morgan fingerprint density at radius 3 is 2.69 bits per heavy atom. The summed E-state index contributed by atoms with van der Waals surface area (Å²) in [5.41, 5.74) is 3.29. The maximum atomic E-state index is 12.9. The lowest BCUT2D eigenvalue weighted by molar-refractivity contribution is -0.122. The normalized spacial score (nSPS) is 14.2. The second-order valence-corrected chi connectivity index (χ2v) is 11.9. The standard InChI is InChI=1S/C29H31N3O4S3/c1-19-8-7-9-20(14-19)15-22-18-30-28(38-22)31-26(33)10-5-4-6-13-32-27(34)25(39-29(32)37)17-21-11-12-23(35-2)24(16-21)36-3/h7-9,11-12,14,16-18H,4-6,10,13,15H2,1-3H3,(H,30,31,33)/b25-17+. The van der Waals surface area contributed by atoms with E-state index in [0.29, 0.717) is 38.8 Å². The summed E-state index contributed by atoms with van der Waals surface area (Å²) in [6.07, 6.45) is 7.15. The molecular weight excluding hydrogens is 551 g/mol. The number of hydrogen-bond donors (Lipinski definition) is 1. The molecule has 0 unspecified atom stereocenters. The molecule has 0 atom stereocenters. The van der Waals surface area contributed by atoms with Crippen molar-refractivity contribution in [2.45, 2.75) is 39.0 Å². The Hall–Kier alpha value is -3.21. The fourth-order valence-electron chi connectivity index (χ4n) is 4.17. The number of amides is 2. The highest BCUT2D eigenvalue weighted by Gasteiger charge is 2.31. The van der Waals surface area contributed by atoms with Crippen molar-refractivity contribution in [3.8, 4) is 11.5 Å². The maximum Gasteiger partial charge on any atom is 0.266 e. The van der Waals surface area contributed by atoms with Gasteiger partial charge < -0.3 is 14.8 Å². The van der Waals surface area contributed by atoms with Gasteiger partial charge in [-0.1, -0.05) is 66.3 Å². The second kappa shape index (κ2) is 13.7. The number of carbonyl (C=O) groups is 2. The number of thiazole rings is 1. The second-order valence-electron chi connectivity index (χ2n) is 9.10. The molecule has 1 aromatic heterocycles. The van der Waals surface area contributed by atoms with E-state index in [-0.39, 0.29) is 11.8 Å². The van der Waals surface area contributed by atoms with E-state index in [9.17, 15) is 9.59 Å². The summed E-state index contributed by atoms with van der Waals surface area (Å²) in [4.78, 5) is 33.0. The number of rotatable bonds is 12. The first-order valence-electron chi connectivity index (χ1n) is 12.6. The van der Waals surface area contributed by atoms with Crippen molar-refractivity contribution in [2.24, 2.45) is 0 Å². The molecule has 0 spiro atoms. The third-order valence-electron chi connectivity index (χ3n) is 6.13. The van der Waals surface area contributed by atoms with Crippen LogP contribution >= 0.6 is 35.3 Å². The zero-order chi connectivity index (χ0) is 27.8. The van der Waals surface area contributed by atoms with E-state index < -0.39 is 0 Å². The molecule has 39 heavy (non-hydrogen) atoms. The average molecular weight is 582 g/mol. The van der Waals surface area contributed by atoms with Crippen LogP contribution < -0.4 is 14.8 Å². The third-order valence-corrected chi connectivity index (χ3v) is 8.42. The number of ether oxygens (including phenoxy) is 2. The van der Waals surface area contributed by atoms with Crippen LogP contribution in [-0.2, 0) is 16.0 Å². The Morgan fingerprint density at radius 2 is 1.92 bits per heavy atom. The first-order chi connectivity index (χ1) is 18.9. The molecule has 0 radical (unpaired) electrons. The summed E-state index contributed by atoms with van der Waals surface area (Å²) in [6, 6.07) is 13.9. The summed E-state index contributed by atoms with van der Waals surface area (Å²) in [6.45, 7) is 2.61. The van der Waals surface area contributed by atoms with E-state index in [1.165, 1.54) is 34.2 Å². The van der Waals surface area contributed by atoms with Gasteiger partial charge in [-0.25, -0.2) is 4.98 Å². The van der Waals surface area contributed by atoms with Gasteiger partial charge in [0.15, 0.2) is 16.6 Å². The van der Waals surface area contributed by atoms with Gasteiger partial charge in [0.05, 0.1) is 19.1 Å². The Balaban J connectivity index is 1.19. The lowest BCUT2D eigenvalue weighted by Gasteiger charge is -2.14. The molecule has 204 valence electrons. The molecule has 2 heterocycles. The molecule has 1 N–H and O–H groups in total. The summed E-state index contributed by atoms with van der Waals surface area (Å²) >= 11 is 8.26. The number of thiocarbonyl (C=S) groups is 1. The van der Waals surface area contributed by atoms with Gasteiger partial charge in [-0.05, 0) is 49.1 Å². The molecule has 0 saturated carbocycles. The van der Waals surface area contributed by atoms with Crippen LogP contribution in [0, 0.1) is 6.92 Å². The molecule has 2 aromatic carbocycles. The van der Waals surface area contributed by atoms with Gasteiger partial charge in [0.2, 0.25) is 5.91 Å². The number of carbonyl (C=O) groups excluding carboxylic acids is 2. The molecule has 10 heteroatoms. The Bertz CT molecular complexity index is 1390. The monoisotopic (exact) mass is 581 g/mol. The van der Waals surface area contributed by atoms with Crippen LogP contribution in [0.3, 0.4) is 0 Å². The molecule has 2 amide bonds. The van der Waals surface area contributed by atoms with Gasteiger partial charge in [0.25, 0.3) is 5.91 Å². The molecule has 3 aromatic rings. The van der Waals surface area contributed by atoms with Crippen LogP contribution in [-0.4, -0.2) is 46.8 Å². The molecule has 1 aliphatic heterocycles. The quantitative estimate of drug-likeness (QED) is 0.149. The number of anilines is 1. The first kappa shape index (κ1) is 28.8. The molecule has 4 rings (SSSR count).